The Morgan fingerprint density at radius 2 is 2.04 bits per heavy atom. The Morgan fingerprint density at radius 3 is 2.75 bits per heavy atom. The van der Waals surface area contributed by atoms with E-state index in [0.29, 0.717) is 22.4 Å². The molecule has 0 aliphatic carbocycles. The number of hydrogen-bond acceptors (Lipinski definition) is 5. The molecular formula is C17H13BrFN3O2. The quantitative estimate of drug-likeness (QED) is 0.540. The third-order valence-electron chi connectivity index (χ3n) is 3.47. The normalized spacial score (nSPS) is 10.6. The summed E-state index contributed by atoms with van der Waals surface area (Å²) in [6.07, 6.45) is 1.64. The summed E-state index contributed by atoms with van der Waals surface area (Å²) in [6, 6.07) is 9.74. The van der Waals surface area contributed by atoms with Crippen LogP contribution < -0.4 is 5.32 Å². The summed E-state index contributed by atoms with van der Waals surface area (Å²) in [6.45, 7) is 0.388. The first kappa shape index (κ1) is 16.3. The van der Waals surface area contributed by atoms with Crippen LogP contribution >= 0.6 is 15.9 Å². The monoisotopic (exact) mass is 389 g/mol. The molecule has 0 aliphatic rings. The van der Waals surface area contributed by atoms with Crippen LogP contribution in [0.15, 0.2) is 47.2 Å². The fourth-order valence-electron chi connectivity index (χ4n) is 2.30. The van der Waals surface area contributed by atoms with Crippen molar-refractivity contribution in [2.24, 2.45) is 0 Å². The standard InChI is InChI=1S/C17H13BrFN3O2/c1-24-17(23)15-14(21-9-10-4-6-11(19)7-5-10)13-12(16(18)22-15)3-2-8-20-13/h2-8,21H,9H2,1H3. The van der Waals surface area contributed by atoms with Gasteiger partial charge in [-0.25, -0.2) is 14.2 Å². The third-order valence-corrected chi connectivity index (χ3v) is 4.08. The number of halogens is 2. The van der Waals surface area contributed by atoms with E-state index in [1.807, 2.05) is 6.07 Å². The van der Waals surface area contributed by atoms with Gasteiger partial charge >= 0.3 is 5.97 Å². The predicted octanol–water partition coefficient (Wildman–Crippen LogP) is 3.93. The highest BCUT2D eigenvalue weighted by molar-refractivity contribution is 9.10. The van der Waals surface area contributed by atoms with Crippen LogP contribution in [0.25, 0.3) is 10.9 Å². The summed E-state index contributed by atoms with van der Waals surface area (Å²) >= 11 is 3.36. The molecule has 3 aromatic rings. The summed E-state index contributed by atoms with van der Waals surface area (Å²) in [4.78, 5) is 20.7. The van der Waals surface area contributed by atoms with E-state index in [9.17, 15) is 9.18 Å². The Bertz CT molecular complexity index is 900. The van der Waals surface area contributed by atoms with E-state index in [-0.39, 0.29) is 11.5 Å². The number of anilines is 1. The van der Waals surface area contributed by atoms with E-state index in [1.165, 1.54) is 19.2 Å². The summed E-state index contributed by atoms with van der Waals surface area (Å²) in [5, 5.41) is 3.94. The SMILES string of the molecule is COC(=O)c1nc(Br)c2cccnc2c1NCc1ccc(F)cc1. The molecule has 1 aromatic carbocycles. The van der Waals surface area contributed by atoms with Crippen molar-refractivity contribution in [3.63, 3.8) is 0 Å². The Balaban J connectivity index is 2.05. The van der Waals surface area contributed by atoms with Crippen molar-refractivity contribution >= 4 is 38.5 Å². The molecule has 0 bridgehead atoms. The van der Waals surface area contributed by atoms with Crippen LogP contribution in [-0.2, 0) is 11.3 Å². The molecule has 122 valence electrons. The number of ether oxygens (including phenoxy) is 1. The molecule has 24 heavy (non-hydrogen) atoms. The maximum atomic E-state index is 13.0. The highest BCUT2D eigenvalue weighted by atomic mass is 79.9. The average molecular weight is 390 g/mol. The summed E-state index contributed by atoms with van der Waals surface area (Å²) in [5.41, 5.74) is 2.07. The summed E-state index contributed by atoms with van der Waals surface area (Å²) < 4.78 is 18.3. The lowest BCUT2D eigenvalue weighted by molar-refractivity contribution is 0.0595. The fourth-order valence-corrected chi connectivity index (χ4v) is 2.80. The van der Waals surface area contributed by atoms with Crippen molar-refractivity contribution in [3.8, 4) is 0 Å². The average Bonchev–Trinajstić information content (AvgIpc) is 2.61. The van der Waals surface area contributed by atoms with Crippen molar-refractivity contribution < 1.29 is 13.9 Å². The number of aromatic nitrogens is 2. The molecule has 0 spiro atoms. The zero-order valence-corrected chi connectivity index (χ0v) is 14.3. The van der Waals surface area contributed by atoms with Crippen LogP contribution in [0.3, 0.4) is 0 Å². The number of esters is 1. The van der Waals surface area contributed by atoms with Crippen molar-refractivity contribution in [1.29, 1.82) is 0 Å². The van der Waals surface area contributed by atoms with Gasteiger partial charge in [0.05, 0.1) is 18.3 Å². The van der Waals surface area contributed by atoms with Gasteiger partial charge in [0.15, 0.2) is 5.69 Å². The molecule has 2 aromatic heterocycles. The Labute approximate surface area is 146 Å². The maximum absolute atomic E-state index is 13.0. The molecule has 3 rings (SSSR count). The predicted molar refractivity (Wildman–Crippen MR) is 92.3 cm³/mol. The second kappa shape index (κ2) is 6.92. The molecule has 1 N–H and O–H groups in total. The zero-order valence-electron chi connectivity index (χ0n) is 12.7. The highest BCUT2D eigenvalue weighted by Gasteiger charge is 2.20. The lowest BCUT2D eigenvalue weighted by Crippen LogP contribution is -2.12. The largest absolute Gasteiger partial charge is 0.464 e. The summed E-state index contributed by atoms with van der Waals surface area (Å²) in [5.74, 6) is -0.865. The van der Waals surface area contributed by atoms with Crippen molar-refractivity contribution in [3.05, 3.63) is 64.3 Å². The Hall–Kier alpha value is -2.54. The van der Waals surface area contributed by atoms with Crippen molar-refractivity contribution in [1.82, 2.24) is 9.97 Å². The first-order valence-corrected chi connectivity index (χ1v) is 7.90. The van der Waals surface area contributed by atoms with E-state index in [4.69, 9.17) is 4.74 Å². The number of pyridine rings is 2. The van der Waals surface area contributed by atoms with Crippen LogP contribution in [-0.4, -0.2) is 23.0 Å². The van der Waals surface area contributed by atoms with Gasteiger partial charge in [0, 0.05) is 18.1 Å². The van der Waals surface area contributed by atoms with Crippen LogP contribution in [0.5, 0.6) is 0 Å². The molecule has 0 saturated heterocycles. The molecule has 0 aliphatic heterocycles. The summed E-state index contributed by atoms with van der Waals surface area (Å²) in [7, 11) is 1.30. The molecule has 0 fully saturated rings. The first-order valence-electron chi connectivity index (χ1n) is 7.11. The van der Waals surface area contributed by atoms with Gasteiger partial charge in [-0.05, 0) is 45.8 Å². The molecule has 0 atom stereocenters. The molecule has 5 nitrogen and oxygen atoms in total. The molecule has 0 amide bonds. The molecule has 7 heteroatoms. The van der Waals surface area contributed by atoms with Crippen molar-refractivity contribution in [2.45, 2.75) is 6.54 Å². The van der Waals surface area contributed by atoms with Crippen LogP contribution in [0.2, 0.25) is 0 Å². The number of nitrogens with one attached hydrogen (secondary N) is 1. The van der Waals surface area contributed by atoms with E-state index in [0.717, 1.165) is 10.9 Å². The molecule has 0 radical (unpaired) electrons. The van der Waals surface area contributed by atoms with Gasteiger partial charge in [-0.3, -0.25) is 4.98 Å². The number of hydrogen-bond donors (Lipinski definition) is 1. The highest BCUT2D eigenvalue weighted by Crippen LogP contribution is 2.30. The first-order chi connectivity index (χ1) is 11.6. The Morgan fingerprint density at radius 1 is 1.29 bits per heavy atom. The van der Waals surface area contributed by atoms with Crippen molar-refractivity contribution in [2.75, 3.05) is 12.4 Å². The van der Waals surface area contributed by atoms with Gasteiger partial charge in [0.25, 0.3) is 0 Å². The van der Waals surface area contributed by atoms with Gasteiger partial charge in [-0.1, -0.05) is 12.1 Å². The lowest BCUT2D eigenvalue weighted by Gasteiger charge is -2.13. The van der Waals surface area contributed by atoms with E-state index in [2.05, 4.69) is 31.2 Å². The number of fused-ring (bicyclic) bond motifs is 1. The number of carbonyl (C=O) groups is 1. The molecular weight excluding hydrogens is 377 g/mol. The van der Waals surface area contributed by atoms with Gasteiger partial charge in [0.1, 0.15) is 10.4 Å². The number of carbonyl (C=O) groups excluding carboxylic acids is 1. The van der Waals surface area contributed by atoms with Crippen LogP contribution in [0.4, 0.5) is 10.1 Å². The maximum Gasteiger partial charge on any atom is 0.358 e. The molecule has 2 heterocycles. The topological polar surface area (TPSA) is 64.1 Å². The molecule has 0 saturated carbocycles. The van der Waals surface area contributed by atoms with Gasteiger partial charge in [-0.2, -0.15) is 0 Å². The Kier molecular flexibility index (Phi) is 4.71. The second-order valence-corrected chi connectivity index (χ2v) is 5.75. The van der Waals surface area contributed by atoms with E-state index in [1.54, 1.807) is 24.4 Å². The number of methoxy groups -OCH3 is 1. The lowest BCUT2D eigenvalue weighted by atomic mass is 10.1. The van der Waals surface area contributed by atoms with Crippen LogP contribution in [0.1, 0.15) is 16.1 Å². The number of benzene rings is 1. The minimum atomic E-state index is -0.565. The number of rotatable bonds is 4. The smallest absolute Gasteiger partial charge is 0.358 e. The van der Waals surface area contributed by atoms with Crippen LogP contribution in [0, 0.1) is 5.82 Å². The zero-order chi connectivity index (χ0) is 17.1. The van der Waals surface area contributed by atoms with E-state index < -0.39 is 5.97 Å². The van der Waals surface area contributed by atoms with E-state index >= 15 is 0 Å². The second-order valence-electron chi connectivity index (χ2n) is 5.00. The number of nitrogens with zero attached hydrogens (tertiary/aromatic N) is 2. The fraction of sp³-hybridized carbons (Fsp3) is 0.118. The van der Waals surface area contributed by atoms with Gasteiger partial charge < -0.3 is 10.1 Å². The van der Waals surface area contributed by atoms with Gasteiger partial charge in [-0.15, -0.1) is 0 Å². The van der Waals surface area contributed by atoms with Gasteiger partial charge in [0.2, 0.25) is 0 Å². The minimum absolute atomic E-state index is 0.137. The molecule has 0 unspecified atom stereocenters. The third kappa shape index (κ3) is 3.21. The minimum Gasteiger partial charge on any atom is -0.464 e.